The number of carbonyl (C=O) groups is 1. The molecule has 2 heterocycles. The lowest BCUT2D eigenvalue weighted by Gasteiger charge is -2.38. The Balaban J connectivity index is 0.000000768. The van der Waals surface area contributed by atoms with Crippen molar-refractivity contribution in [3.63, 3.8) is 0 Å². The number of amides is 1. The van der Waals surface area contributed by atoms with Crippen molar-refractivity contribution in [2.75, 3.05) is 32.8 Å². The van der Waals surface area contributed by atoms with E-state index in [9.17, 15) is 18.0 Å². The van der Waals surface area contributed by atoms with E-state index in [-0.39, 0.29) is 11.7 Å². The third-order valence-electron chi connectivity index (χ3n) is 7.63. The Morgan fingerprint density at radius 1 is 1.19 bits per heavy atom. The second-order valence-corrected chi connectivity index (χ2v) is 12.4. The van der Waals surface area contributed by atoms with Crippen molar-refractivity contribution in [3.05, 3.63) is 85.3 Å². The molecule has 272 valence electrons. The Kier molecular flexibility index (Phi) is 24.0. The summed E-state index contributed by atoms with van der Waals surface area (Å²) < 4.78 is 49.4. The predicted molar refractivity (Wildman–Crippen MR) is 202 cm³/mol. The first-order valence-electron chi connectivity index (χ1n) is 16.7. The Labute approximate surface area is 301 Å². The number of hydrogen-bond acceptors (Lipinski definition) is 5. The van der Waals surface area contributed by atoms with E-state index in [0.29, 0.717) is 24.4 Å². The average molecular weight is 791 g/mol. The zero-order valence-corrected chi connectivity index (χ0v) is 31.9. The number of rotatable bonds is 13. The first kappa shape index (κ1) is 45.4. The quantitative estimate of drug-likeness (QED) is 0.0933. The predicted octanol–water partition coefficient (Wildman–Crippen LogP) is 10.4. The topological polar surface area (TPSA) is 68.6 Å². The van der Waals surface area contributed by atoms with Crippen LogP contribution in [0.1, 0.15) is 89.8 Å². The Morgan fingerprint density at radius 2 is 1.79 bits per heavy atom. The molecule has 1 aromatic heterocycles. The largest absolute Gasteiger partial charge is 0.443 e. The molecule has 3 rings (SSSR count). The van der Waals surface area contributed by atoms with Gasteiger partial charge in [0.1, 0.15) is 28.6 Å². The van der Waals surface area contributed by atoms with Crippen molar-refractivity contribution < 1.29 is 25.8 Å². The highest BCUT2D eigenvalue weighted by molar-refractivity contribution is 14.1. The maximum absolute atomic E-state index is 12.4. The zero-order chi connectivity index (χ0) is 36.6. The number of cyclic esters (lactones) is 1. The Hall–Kier alpha value is -2.64. The number of halogens is 4. The van der Waals surface area contributed by atoms with Gasteiger partial charge >= 0.3 is 12.3 Å². The molecule has 1 aromatic rings. The molecule has 0 bridgehead atoms. The highest BCUT2D eigenvalue weighted by Crippen LogP contribution is 2.29. The maximum atomic E-state index is 12.4. The van der Waals surface area contributed by atoms with Gasteiger partial charge in [-0.25, -0.2) is 4.79 Å². The fraction of sp³-hybridized carbons (Fsp3) is 0.568. The first-order valence-corrected chi connectivity index (χ1v) is 17.6. The minimum atomic E-state index is -4.43. The van der Waals surface area contributed by atoms with Crippen molar-refractivity contribution in [2.24, 2.45) is 7.05 Å². The van der Waals surface area contributed by atoms with Crippen LogP contribution in [0.3, 0.4) is 0 Å². The molecule has 11 heteroatoms. The summed E-state index contributed by atoms with van der Waals surface area (Å²) in [5.74, 6) is 0. The van der Waals surface area contributed by atoms with Crippen molar-refractivity contribution >= 4 is 34.7 Å². The minimum Gasteiger partial charge on any atom is -0.443 e. The molecule has 0 aromatic carbocycles. The van der Waals surface area contributed by atoms with Gasteiger partial charge in [-0.05, 0) is 57.0 Å². The van der Waals surface area contributed by atoms with Crippen molar-refractivity contribution in [1.82, 2.24) is 20.0 Å². The van der Waals surface area contributed by atoms with Gasteiger partial charge in [0.05, 0.1) is 12.3 Å². The molecular formula is C37H58F3IN4O3. The van der Waals surface area contributed by atoms with Gasteiger partial charge in [-0.2, -0.15) is 18.3 Å². The van der Waals surface area contributed by atoms with Crippen LogP contribution < -0.4 is 5.32 Å². The van der Waals surface area contributed by atoms with Gasteiger partial charge in [-0.1, -0.05) is 89.8 Å². The number of aryl methyl sites for hydroxylation is 2. The van der Waals surface area contributed by atoms with Gasteiger partial charge in [0.2, 0.25) is 0 Å². The molecule has 1 N–H and O–H groups in total. The van der Waals surface area contributed by atoms with Gasteiger partial charge in [-0.3, -0.25) is 4.68 Å². The molecular weight excluding hydrogens is 732 g/mol. The van der Waals surface area contributed by atoms with Crippen LogP contribution in [-0.4, -0.2) is 65.3 Å². The van der Waals surface area contributed by atoms with Gasteiger partial charge in [0.15, 0.2) is 0 Å². The summed E-state index contributed by atoms with van der Waals surface area (Å²) in [4.78, 5) is 13.9. The lowest BCUT2D eigenvalue weighted by Crippen LogP contribution is -2.49. The number of ether oxygens (including phenoxy) is 1. The third-order valence-corrected chi connectivity index (χ3v) is 7.94. The summed E-state index contributed by atoms with van der Waals surface area (Å²) in [6.45, 7) is 24.2. The molecule has 1 atom stereocenters. The average Bonchev–Trinajstić information content (AvgIpc) is 3.40. The molecule has 1 saturated heterocycles. The van der Waals surface area contributed by atoms with E-state index in [1.54, 1.807) is 29.7 Å². The van der Waals surface area contributed by atoms with Crippen LogP contribution in [0.2, 0.25) is 0 Å². The summed E-state index contributed by atoms with van der Waals surface area (Å²) in [5.41, 5.74) is 1.44. The number of carbonyl (C=O) groups excluding carboxylic acids is 1. The summed E-state index contributed by atoms with van der Waals surface area (Å²) in [6, 6.07) is 0. The van der Waals surface area contributed by atoms with E-state index in [4.69, 9.17) is 7.80 Å². The summed E-state index contributed by atoms with van der Waals surface area (Å²) in [6.07, 6.45) is 17.2. The van der Waals surface area contributed by atoms with Crippen molar-refractivity contribution in [3.8, 4) is 0 Å². The number of hydrogen-bond donors (Lipinski definition) is 1. The van der Waals surface area contributed by atoms with E-state index < -0.39 is 11.7 Å². The fourth-order valence-corrected chi connectivity index (χ4v) is 5.30. The summed E-state index contributed by atoms with van der Waals surface area (Å²) >= 11 is 1.89. The van der Waals surface area contributed by atoms with Crippen LogP contribution in [0.4, 0.5) is 18.0 Å². The first-order chi connectivity index (χ1) is 22.8. The Morgan fingerprint density at radius 3 is 2.23 bits per heavy atom. The maximum Gasteiger partial charge on any atom is 0.415 e. The lowest BCUT2D eigenvalue weighted by molar-refractivity contribution is -0.0877. The molecule has 2 aliphatic rings. The number of aromatic nitrogens is 2. The molecule has 1 unspecified atom stereocenters. The van der Waals surface area contributed by atoms with Crippen LogP contribution >= 0.6 is 23.0 Å². The molecule has 7 nitrogen and oxygen atoms in total. The fourth-order valence-electron chi connectivity index (χ4n) is 4.94. The minimum absolute atomic E-state index is 0.217. The van der Waals surface area contributed by atoms with Crippen molar-refractivity contribution in [2.45, 2.75) is 97.3 Å². The van der Waals surface area contributed by atoms with Crippen LogP contribution in [0, 0.1) is 6.92 Å². The van der Waals surface area contributed by atoms with Gasteiger partial charge < -0.3 is 18.0 Å². The highest BCUT2D eigenvalue weighted by Gasteiger charge is 2.35. The van der Waals surface area contributed by atoms with E-state index in [2.05, 4.69) is 56.7 Å². The number of alkyl halides is 3. The van der Waals surface area contributed by atoms with Crippen LogP contribution in [0.5, 0.6) is 0 Å². The van der Waals surface area contributed by atoms with Gasteiger partial charge in [-0.15, -0.1) is 13.2 Å². The summed E-state index contributed by atoms with van der Waals surface area (Å²) in [5, 5.41) is 7.37. The van der Waals surface area contributed by atoms with Crippen molar-refractivity contribution in [1.29, 1.82) is 0 Å². The third kappa shape index (κ3) is 18.8. The molecule has 48 heavy (non-hydrogen) atoms. The Bertz CT molecular complexity index is 1180. The molecule has 2 fully saturated rings. The SMILES string of the molecule is C1CCCCC1.C=C.C=C/C(=C\C(=C)C(F)(F)F)c1nn(C)cc1C.CC/C=C(\C=C/CN1CCC(C)(CCNCC)OC1=O)COI. The molecule has 1 aliphatic heterocycles. The van der Waals surface area contributed by atoms with E-state index >= 15 is 0 Å². The van der Waals surface area contributed by atoms with E-state index in [1.165, 1.54) is 44.6 Å². The highest BCUT2D eigenvalue weighted by atomic mass is 127. The second-order valence-electron chi connectivity index (χ2n) is 11.7. The molecule has 0 spiro atoms. The second kappa shape index (κ2) is 25.3. The standard InChI is InChI=1S/C17H29IN2O3.C12H13F3N2.C6H12.C2H4/c1-4-7-15(14-22-18)8-6-12-20-13-10-17(3,23-16(20)21)9-11-19-5-2;1-5-10(6-9(3)12(13,14)15)11-8(2)7-17(4)16-11;1-2-4-6-5-3-1;1-2/h6-8,19H,4-5,9-14H2,1-3H3;5-7H,1,3H2,2,4H3;1-6H2;1-2H2/b8-6-,15-7+;10-6+;;. The molecule has 1 amide bonds. The lowest BCUT2D eigenvalue weighted by atomic mass is 9.96. The number of nitrogens with one attached hydrogen (secondary N) is 1. The zero-order valence-electron chi connectivity index (χ0n) is 29.8. The molecule has 1 saturated carbocycles. The van der Waals surface area contributed by atoms with E-state index in [0.717, 1.165) is 56.1 Å². The van der Waals surface area contributed by atoms with Gasteiger partial charge in [0.25, 0.3) is 0 Å². The normalized spacial score (nSPS) is 18.4. The van der Waals surface area contributed by atoms with Gasteiger partial charge in [0, 0.05) is 43.9 Å². The monoisotopic (exact) mass is 790 g/mol. The molecule has 1 aliphatic carbocycles. The van der Waals surface area contributed by atoms with Crippen LogP contribution in [0.15, 0.2) is 74.0 Å². The number of allylic oxidation sites excluding steroid dienone is 5. The van der Waals surface area contributed by atoms with E-state index in [1.807, 2.05) is 42.1 Å². The van der Waals surface area contributed by atoms with Crippen LogP contribution in [0.25, 0.3) is 5.57 Å². The van der Waals surface area contributed by atoms with Crippen LogP contribution in [-0.2, 0) is 14.9 Å². The molecule has 0 radical (unpaired) electrons. The number of nitrogens with zero attached hydrogens (tertiary/aromatic N) is 3. The summed E-state index contributed by atoms with van der Waals surface area (Å²) in [7, 11) is 1.70. The smallest absolute Gasteiger partial charge is 0.415 e.